The van der Waals surface area contributed by atoms with Crippen molar-refractivity contribution in [2.75, 3.05) is 17.2 Å². The van der Waals surface area contributed by atoms with E-state index in [-0.39, 0.29) is 17.8 Å². The normalized spacial score (nSPS) is 17.2. The van der Waals surface area contributed by atoms with Crippen LogP contribution in [0, 0.1) is 5.92 Å². The van der Waals surface area contributed by atoms with E-state index in [4.69, 9.17) is 0 Å². The molecule has 0 radical (unpaired) electrons. The van der Waals surface area contributed by atoms with Gasteiger partial charge in [0, 0.05) is 18.7 Å². The maximum atomic E-state index is 12.9. The Labute approximate surface area is 122 Å². The van der Waals surface area contributed by atoms with Crippen LogP contribution in [0.2, 0.25) is 0 Å². The van der Waals surface area contributed by atoms with Gasteiger partial charge in [0.25, 0.3) is 0 Å². The molecule has 1 heterocycles. The Hall–Kier alpha value is -1.53. The van der Waals surface area contributed by atoms with Crippen molar-refractivity contribution in [1.29, 1.82) is 0 Å². The number of hydrogen-bond donors (Lipinski definition) is 2. The molecule has 1 fully saturated rings. The van der Waals surface area contributed by atoms with E-state index in [2.05, 4.69) is 20.6 Å². The Morgan fingerprint density at radius 3 is 2.57 bits per heavy atom. The fourth-order valence-corrected chi connectivity index (χ4v) is 2.27. The highest BCUT2D eigenvalue weighted by Crippen LogP contribution is 2.33. The monoisotopic (exact) mass is 302 g/mol. The molecule has 118 valence electrons. The molecule has 0 amide bonds. The number of anilines is 2. The zero-order valence-corrected chi connectivity index (χ0v) is 12.3. The summed E-state index contributed by atoms with van der Waals surface area (Å²) in [6, 6.07) is 1.10. The van der Waals surface area contributed by atoms with Crippen molar-refractivity contribution in [2.24, 2.45) is 5.92 Å². The van der Waals surface area contributed by atoms with Gasteiger partial charge in [-0.25, -0.2) is 4.98 Å². The molecule has 1 aliphatic rings. The summed E-state index contributed by atoms with van der Waals surface area (Å²) in [7, 11) is 0. The number of halogens is 3. The van der Waals surface area contributed by atoms with Crippen LogP contribution < -0.4 is 10.6 Å². The van der Waals surface area contributed by atoms with Gasteiger partial charge in [0.05, 0.1) is 0 Å². The minimum atomic E-state index is -4.47. The summed E-state index contributed by atoms with van der Waals surface area (Å²) in [4.78, 5) is 7.67. The first-order valence-electron chi connectivity index (χ1n) is 7.37. The molecule has 0 aromatic carbocycles. The van der Waals surface area contributed by atoms with Crippen LogP contribution in [-0.4, -0.2) is 22.6 Å². The maximum absolute atomic E-state index is 12.9. The second kappa shape index (κ2) is 6.49. The molecule has 1 aromatic rings. The van der Waals surface area contributed by atoms with E-state index in [9.17, 15) is 13.2 Å². The van der Waals surface area contributed by atoms with E-state index in [1.165, 1.54) is 6.42 Å². The van der Waals surface area contributed by atoms with Crippen LogP contribution in [0.15, 0.2) is 6.07 Å². The minimum Gasteiger partial charge on any atom is -0.367 e. The highest BCUT2D eigenvalue weighted by molar-refractivity contribution is 5.44. The summed E-state index contributed by atoms with van der Waals surface area (Å²) < 4.78 is 38.7. The summed E-state index contributed by atoms with van der Waals surface area (Å²) in [5.74, 6) is 0.770. The van der Waals surface area contributed by atoms with Gasteiger partial charge in [0.1, 0.15) is 5.82 Å². The van der Waals surface area contributed by atoms with Gasteiger partial charge in [-0.05, 0) is 32.1 Å². The SMILES string of the molecule is CCCNc1nc(NC(C)C2CCC2)cc(C(F)(F)F)n1. The van der Waals surface area contributed by atoms with E-state index in [0.717, 1.165) is 25.3 Å². The Morgan fingerprint density at radius 1 is 1.33 bits per heavy atom. The number of nitrogens with one attached hydrogen (secondary N) is 2. The number of nitrogens with zero attached hydrogens (tertiary/aromatic N) is 2. The van der Waals surface area contributed by atoms with Crippen molar-refractivity contribution in [2.45, 2.75) is 51.7 Å². The van der Waals surface area contributed by atoms with Crippen LogP contribution in [-0.2, 0) is 6.18 Å². The van der Waals surface area contributed by atoms with Gasteiger partial charge < -0.3 is 10.6 Å². The van der Waals surface area contributed by atoms with Crippen molar-refractivity contribution in [3.8, 4) is 0 Å². The molecule has 1 atom stereocenters. The molecule has 1 saturated carbocycles. The minimum absolute atomic E-state index is 0.0231. The lowest BCUT2D eigenvalue weighted by molar-refractivity contribution is -0.141. The molecule has 2 N–H and O–H groups in total. The molecule has 0 bridgehead atoms. The molecule has 1 aromatic heterocycles. The molecule has 4 nitrogen and oxygen atoms in total. The maximum Gasteiger partial charge on any atom is 0.433 e. The van der Waals surface area contributed by atoms with Gasteiger partial charge in [-0.3, -0.25) is 0 Å². The molecule has 1 aliphatic carbocycles. The predicted molar refractivity (Wildman–Crippen MR) is 76.2 cm³/mol. The molecule has 0 aliphatic heterocycles. The molecule has 21 heavy (non-hydrogen) atoms. The average Bonchev–Trinajstić information content (AvgIpc) is 2.32. The highest BCUT2D eigenvalue weighted by Gasteiger charge is 2.34. The van der Waals surface area contributed by atoms with E-state index in [1.54, 1.807) is 0 Å². The van der Waals surface area contributed by atoms with Crippen LogP contribution in [0.1, 0.15) is 45.2 Å². The fourth-order valence-electron chi connectivity index (χ4n) is 2.27. The predicted octanol–water partition coefficient (Wildman–Crippen LogP) is 3.92. The van der Waals surface area contributed by atoms with E-state index in [0.29, 0.717) is 12.5 Å². The summed E-state index contributed by atoms with van der Waals surface area (Å²) in [6.07, 6.45) is -0.251. The Morgan fingerprint density at radius 2 is 2.05 bits per heavy atom. The van der Waals surface area contributed by atoms with Crippen molar-refractivity contribution in [3.05, 3.63) is 11.8 Å². The van der Waals surface area contributed by atoms with Crippen molar-refractivity contribution in [3.63, 3.8) is 0 Å². The Kier molecular flexibility index (Phi) is 4.90. The van der Waals surface area contributed by atoms with Gasteiger partial charge in [0.2, 0.25) is 5.95 Å². The summed E-state index contributed by atoms with van der Waals surface area (Å²) in [5.41, 5.74) is -0.917. The van der Waals surface area contributed by atoms with Gasteiger partial charge >= 0.3 is 6.18 Å². The number of alkyl halides is 3. The van der Waals surface area contributed by atoms with Crippen LogP contribution in [0.3, 0.4) is 0 Å². The second-order valence-corrected chi connectivity index (χ2v) is 5.51. The van der Waals surface area contributed by atoms with Gasteiger partial charge in [0.15, 0.2) is 5.69 Å². The van der Waals surface area contributed by atoms with E-state index >= 15 is 0 Å². The lowest BCUT2D eigenvalue weighted by Gasteiger charge is -2.32. The average molecular weight is 302 g/mol. The van der Waals surface area contributed by atoms with Gasteiger partial charge in [-0.15, -0.1) is 0 Å². The number of hydrogen-bond acceptors (Lipinski definition) is 4. The molecule has 0 saturated heterocycles. The topological polar surface area (TPSA) is 49.8 Å². The number of rotatable bonds is 6. The molecule has 2 rings (SSSR count). The van der Waals surface area contributed by atoms with Gasteiger partial charge in [-0.1, -0.05) is 13.3 Å². The van der Waals surface area contributed by atoms with Crippen LogP contribution in [0.5, 0.6) is 0 Å². The third kappa shape index (κ3) is 4.22. The third-order valence-electron chi connectivity index (χ3n) is 3.78. The largest absolute Gasteiger partial charge is 0.433 e. The molecule has 7 heteroatoms. The Balaban J connectivity index is 2.17. The molecule has 0 spiro atoms. The van der Waals surface area contributed by atoms with Crippen LogP contribution >= 0.6 is 0 Å². The zero-order valence-electron chi connectivity index (χ0n) is 12.3. The zero-order chi connectivity index (χ0) is 15.5. The first-order valence-corrected chi connectivity index (χ1v) is 7.37. The van der Waals surface area contributed by atoms with E-state index in [1.807, 2.05) is 13.8 Å². The fraction of sp³-hybridized carbons (Fsp3) is 0.714. The second-order valence-electron chi connectivity index (χ2n) is 5.51. The lowest BCUT2D eigenvalue weighted by Crippen LogP contribution is -2.31. The first-order chi connectivity index (χ1) is 9.90. The summed E-state index contributed by atoms with van der Waals surface area (Å²) in [6.45, 7) is 4.45. The standard InChI is InChI=1S/C14H21F3N4/c1-3-7-18-13-20-11(14(15,16)17)8-12(21-13)19-9(2)10-5-4-6-10/h8-10H,3-7H2,1-2H3,(H2,18,19,20,21). The summed E-state index contributed by atoms with van der Waals surface area (Å²) in [5, 5.41) is 5.90. The van der Waals surface area contributed by atoms with Crippen LogP contribution in [0.4, 0.5) is 24.9 Å². The smallest absolute Gasteiger partial charge is 0.367 e. The molecular weight excluding hydrogens is 281 g/mol. The third-order valence-corrected chi connectivity index (χ3v) is 3.78. The van der Waals surface area contributed by atoms with E-state index < -0.39 is 11.9 Å². The van der Waals surface area contributed by atoms with Crippen molar-refractivity contribution < 1.29 is 13.2 Å². The molecular formula is C14H21F3N4. The van der Waals surface area contributed by atoms with Crippen LogP contribution in [0.25, 0.3) is 0 Å². The first kappa shape index (κ1) is 15.9. The quantitative estimate of drug-likeness (QED) is 0.836. The Bertz CT molecular complexity index is 472. The number of aromatic nitrogens is 2. The lowest BCUT2D eigenvalue weighted by atomic mass is 9.80. The van der Waals surface area contributed by atoms with Gasteiger partial charge in [-0.2, -0.15) is 18.2 Å². The van der Waals surface area contributed by atoms with Crippen molar-refractivity contribution >= 4 is 11.8 Å². The highest BCUT2D eigenvalue weighted by atomic mass is 19.4. The molecule has 1 unspecified atom stereocenters. The van der Waals surface area contributed by atoms with Crippen molar-refractivity contribution in [1.82, 2.24) is 9.97 Å². The summed E-state index contributed by atoms with van der Waals surface area (Å²) >= 11 is 0.